The lowest BCUT2D eigenvalue weighted by Crippen LogP contribution is -2.46. The third kappa shape index (κ3) is 3.89. The van der Waals surface area contributed by atoms with Gasteiger partial charge < -0.3 is 10.1 Å². The summed E-state index contributed by atoms with van der Waals surface area (Å²) in [6, 6.07) is 24.0. The number of imide groups is 1. The molecule has 0 aromatic heterocycles. The largest absolute Gasteiger partial charge is 0.492 e. The second-order valence-corrected chi connectivity index (χ2v) is 7.12. The minimum absolute atomic E-state index is 0.0887. The minimum atomic E-state index is -1.17. The Morgan fingerprint density at radius 3 is 2.17 bits per heavy atom. The van der Waals surface area contributed by atoms with Crippen LogP contribution in [0.5, 0.6) is 5.75 Å². The van der Waals surface area contributed by atoms with Gasteiger partial charge >= 0.3 is 6.03 Å². The van der Waals surface area contributed by atoms with Crippen molar-refractivity contribution in [2.24, 2.45) is 0 Å². The molecule has 1 aliphatic rings. The van der Waals surface area contributed by atoms with Gasteiger partial charge in [-0.3, -0.25) is 9.69 Å². The van der Waals surface area contributed by atoms with Crippen molar-refractivity contribution < 1.29 is 18.7 Å². The maximum Gasteiger partial charge on any atom is 0.325 e. The first-order valence-electron chi connectivity index (χ1n) is 9.70. The molecule has 1 fully saturated rings. The smallest absolute Gasteiger partial charge is 0.325 e. The third-order valence-electron chi connectivity index (χ3n) is 5.15. The Bertz CT molecular complexity index is 1030. The van der Waals surface area contributed by atoms with Crippen LogP contribution >= 0.6 is 0 Å². The molecule has 1 heterocycles. The summed E-state index contributed by atoms with van der Waals surface area (Å²) in [6.45, 7) is 0.201. The van der Waals surface area contributed by atoms with E-state index in [-0.39, 0.29) is 24.9 Å². The molecule has 152 valence electrons. The Labute approximate surface area is 174 Å². The van der Waals surface area contributed by atoms with Gasteiger partial charge in [0.2, 0.25) is 0 Å². The number of benzene rings is 3. The van der Waals surface area contributed by atoms with E-state index in [9.17, 15) is 14.0 Å². The summed E-state index contributed by atoms with van der Waals surface area (Å²) in [5.74, 6) is -0.197. The van der Waals surface area contributed by atoms with Crippen LogP contribution < -0.4 is 10.1 Å². The van der Waals surface area contributed by atoms with Gasteiger partial charge in [-0.2, -0.15) is 0 Å². The van der Waals surface area contributed by atoms with Crippen molar-refractivity contribution in [3.05, 3.63) is 102 Å². The van der Waals surface area contributed by atoms with E-state index in [1.807, 2.05) is 60.7 Å². The van der Waals surface area contributed by atoms with E-state index in [0.29, 0.717) is 12.2 Å². The molecule has 0 bridgehead atoms. The highest BCUT2D eigenvalue weighted by atomic mass is 19.1. The maximum absolute atomic E-state index is 13.5. The van der Waals surface area contributed by atoms with Gasteiger partial charge in [0, 0.05) is 6.42 Å². The topological polar surface area (TPSA) is 58.6 Å². The molecular formula is C24H21FN2O3. The van der Waals surface area contributed by atoms with Crippen LogP contribution in [0.2, 0.25) is 0 Å². The van der Waals surface area contributed by atoms with Crippen molar-refractivity contribution in [2.75, 3.05) is 13.2 Å². The third-order valence-corrected chi connectivity index (χ3v) is 5.15. The Morgan fingerprint density at radius 1 is 0.867 bits per heavy atom. The number of carbonyl (C=O) groups excluding carboxylic acids is 2. The van der Waals surface area contributed by atoms with Crippen molar-refractivity contribution in [3.8, 4) is 5.75 Å². The molecular weight excluding hydrogens is 383 g/mol. The fourth-order valence-corrected chi connectivity index (χ4v) is 3.66. The van der Waals surface area contributed by atoms with E-state index >= 15 is 0 Å². The molecule has 1 aliphatic heterocycles. The highest BCUT2D eigenvalue weighted by Crippen LogP contribution is 2.33. The van der Waals surface area contributed by atoms with Crippen LogP contribution in [0.3, 0.4) is 0 Å². The van der Waals surface area contributed by atoms with Gasteiger partial charge in [0.15, 0.2) is 5.54 Å². The van der Waals surface area contributed by atoms with Gasteiger partial charge in [-0.15, -0.1) is 0 Å². The molecule has 1 saturated heterocycles. The Kier molecular flexibility index (Phi) is 5.48. The van der Waals surface area contributed by atoms with Gasteiger partial charge in [0.05, 0.1) is 6.54 Å². The van der Waals surface area contributed by atoms with Crippen LogP contribution in [0, 0.1) is 5.82 Å². The number of amides is 3. The predicted octanol–water partition coefficient (Wildman–Crippen LogP) is 3.89. The van der Waals surface area contributed by atoms with Crippen molar-refractivity contribution in [1.29, 1.82) is 0 Å². The molecule has 0 saturated carbocycles. The number of halogens is 1. The first kappa shape index (κ1) is 19.6. The minimum Gasteiger partial charge on any atom is -0.492 e. The fraction of sp³-hybridized carbons (Fsp3) is 0.167. The average molecular weight is 404 g/mol. The Hall–Kier alpha value is -3.67. The van der Waals surface area contributed by atoms with E-state index in [2.05, 4.69) is 5.32 Å². The number of ether oxygens (including phenoxy) is 1. The van der Waals surface area contributed by atoms with Crippen LogP contribution in [0.25, 0.3) is 0 Å². The monoisotopic (exact) mass is 404 g/mol. The van der Waals surface area contributed by atoms with Crippen LogP contribution in [-0.2, 0) is 16.8 Å². The zero-order valence-corrected chi connectivity index (χ0v) is 16.3. The number of nitrogens with one attached hydrogen (secondary N) is 1. The molecule has 6 heteroatoms. The number of urea groups is 1. The summed E-state index contributed by atoms with van der Waals surface area (Å²) in [5, 5.41) is 2.92. The van der Waals surface area contributed by atoms with Gasteiger partial charge in [-0.25, -0.2) is 9.18 Å². The van der Waals surface area contributed by atoms with Crippen molar-refractivity contribution >= 4 is 11.9 Å². The van der Waals surface area contributed by atoms with Gasteiger partial charge in [-0.05, 0) is 35.4 Å². The van der Waals surface area contributed by atoms with Crippen molar-refractivity contribution in [3.63, 3.8) is 0 Å². The van der Waals surface area contributed by atoms with E-state index in [4.69, 9.17) is 4.74 Å². The lowest BCUT2D eigenvalue weighted by molar-refractivity contribution is -0.131. The summed E-state index contributed by atoms with van der Waals surface area (Å²) >= 11 is 0. The summed E-state index contributed by atoms with van der Waals surface area (Å²) in [5.41, 5.74) is 0.504. The fourth-order valence-electron chi connectivity index (χ4n) is 3.66. The number of hydrogen-bond donors (Lipinski definition) is 1. The van der Waals surface area contributed by atoms with Gasteiger partial charge in [0.1, 0.15) is 18.2 Å². The lowest BCUT2D eigenvalue weighted by Gasteiger charge is -2.27. The highest BCUT2D eigenvalue weighted by molar-refractivity contribution is 6.07. The quantitative estimate of drug-likeness (QED) is 0.608. The number of carbonyl (C=O) groups is 2. The maximum atomic E-state index is 13.5. The highest BCUT2D eigenvalue weighted by Gasteiger charge is 2.52. The van der Waals surface area contributed by atoms with E-state index < -0.39 is 11.6 Å². The molecule has 1 atom stereocenters. The van der Waals surface area contributed by atoms with E-state index in [0.717, 1.165) is 11.1 Å². The van der Waals surface area contributed by atoms with Crippen LogP contribution in [-0.4, -0.2) is 30.0 Å². The summed E-state index contributed by atoms with van der Waals surface area (Å²) in [6.07, 6.45) is 0.345. The van der Waals surface area contributed by atoms with Crippen molar-refractivity contribution in [2.45, 2.75) is 12.0 Å². The van der Waals surface area contributed by atoms with E-state index in [1.54, 1.807) is 0 Å². The van der Waals surface area contributed by atoms with Gasteiger partial charge in [0.25, 0.3) is 5.91 Å². The van der Waals surface area contributed by atoms with Crippen LogP contribution in [0.4, 0.5) is 9.18 Å². The molecule has 30 heavy (non-hydrogen) atoms. The zero-order chi connectivity index (χ0) is 21.0. The molecule has 3 aromatic rings. The lowest BCUT2D eigenvalue weighted by atomic mass is 9.83. The molecule has 0 aliphatic carbocycles. The number of nitrogens with zero attached hydrogens (tertiary/aromatic N) is 1. The Balaban J connectivity index is 1.55. The van der Waals surface area contributed by atoms with Gasteiger partial charge in [-0.1, -0.05) is 60.7 Å². The zero-order valence-electron chi connectivity index (χ0n) is 16.3. The summed E-state index contributed by atoms with van der Waals surface area (Å²) in [4.78, 5) is 27.4. The SMILES string of the molecule is O=C1NC(Cc2ccccc2)(c2ccccc2)C(=O)N1CCOc1ccc(F)cc1. The second-order valence-electron chi connectivity index (χ2n) is 7.12. The molecule has 4 rings (SSSR count). The first-order chi connectivity index (χ1) is 14.6. The van der Waals surface area contributed by atoms with E-state index in [1.165, 1.54) is 29.2 Å². The average Bonchev–Trinajstić information content (AvgIpc) is 3.01. The number of hydrogen-bond acceptors (Lipinski definition) is 3. The Morgan fingerprint density at radius 2 is 1.50 bits per heavy atom. The second kappa shape index (κ2) is 8.37. The molecule has 3 aromatic carbocycles. The number of rotatable bonds is 7. The normalized spacial score (nSPS) is 18.4. The molecule has 1 N–H and O–H groups in total. The molecule has 5 nitrogen and oxygen atoms in total. The van der Waals surface area contributed by atoms with Crippen LogP contribution in [0.1, 0.15) is 11.1 Å². The molecule has 0 spiro atoms. The standard InChI is InChI=1S/C24H21FN2O3/c25-20-11-13-21(14-12-20)30-16-15-27-22(28)24(26-23(27)29,19-9-5-2-6-10-19)17-18-7-3-1-4-8-18/h1-14H,15-17H2,(H,26,29). The summed E-state index contributed by atoms with van der Waals surface area (Å²) < 4.78 is 18.6. The first-order valence-corrected chi connectivity index (χ1v) is 9.70. The molecule has 3 amide bonds. The predicted molar refractivity (Wildman–Crippen MR) is 110 cm³/mol. The van der Waals surface area contributed by atoms with Crippen LogP contribution in [0.15, 0.2) is 84.9 Å². The molecule has 1 unspecified atom stereocenters. The van der Waals surface area contributed by atoms with Crippen molar-refractivity contribution in [1.82, 2.24) is 10.2 Å². The summed E-state index contributed by atoms with van der Waals surface area (Å²) in [7, 11) is 0. The molecule has 0 radical (unpaired) electrons.